The molecule has 0 unspecified atom stereocenters. The second-order valence-corrected chi connectivity index (χ2v) is 8.05. The van der Waals surface area contributed by atoms with Gasteiger partial charge in [-0.05, 0) is 75.2 Å². The molecule has 1 atom stereocenters. The van der Waals surface area contributed by atoms with Crippen LogP contribution in [0.1, 0.15) is 35.3 Å². The van der Waals surface area contributed by atoms with E-state index < -0.39 is 22.1 Å². The smallest absolute Gasteiger partial charge is 0.338 e. The molecule has 0 bridgehead atoms. The Kier molecular flexibility index (Phi) is 6.80. The van der Waals surface area contributed by atoms with E-state index in [1.54, 1.807) is 25.1 Å². The lowest BCUT2D eigenvalue weighted by Crippen LogP contribution is -2.35. The Hall–Kier alpha value is -2.87. The highest BCUT2D eigenvalue weighted by atomic mass is 32.2. The summed E-state index contributed by atoms with van der Waals surface area (Å²) >= 11 is 0. The number of aryl methyl sites for hydroxylation is 2. The maximum absolute atomic E-state index is 12.5. The molecule has 0 aliphatic rings. The molecule has 0 aliphatic carbocycles. The van der Waals surface area contributed by atoms with Crippen LogP contribution < -0.4 is 10.0 Å². The van der Waals surface area contributed by atoms with Crippen molar-refractivity contribution in [3.63, 3.8) is 0 Å². The summed E-state index contributed by atoms with van der Waals surface area (Å²) in [5.74, 6) is -1.05. The number of hydrogen-bond donors (Lipinski definition) is 2. The zero-order valence-corrected chi connectivity index (χ0v) is 17.1. The third-order valence-electron chi connectivity index (χ3n) is 4.17. The number of carbonyl (C=O) groups is 2. The minimum absolute atomic E-state index is 0.162. The Labute approximate surface area is 165 Å². The second kappa shape index (κ2) is 8.88. The number of ether oxygens (including phenoxy) is 1. The highest BCUT2D eigenvalue weighted by Crippen LogP contribution is 2.19. The molecule has 2 aromatic carbocycles. The number of esters is 1. The van der Waals surface area contributed by atoms with Crippen molar-refractivity contribution in [1.82, 2.24) is 5.32 Å². The number of benzene rings is 2. The molecule has 0 spiro atoms. The first-order valence-corrected chi connectivity index (χ1v) is 10.3. The number of rotatable bonds is 7. The molecule has 0 radical (unpaired) electrons. The van der Waals surface area contributed by atoms with Gasteiger partial charge in [0.15, 0.2) is 6.10 Å². The number of nitrogens with one attached hydrogen (secondary N) is 2. The molecular formula is C20H24N2O5S. The fraction of sp³-hybridized carbons (Fsp3) is 0.300. The highest BCUT2D eigenvalue weighted by Gasteiger charge is 2.19. The van der Waals surface area contributed by atoms with E-state index in [4.69, 9.17) is 4.74 Å². The van der Waals surface area contributed by atoms with Crippen LogP contribution in [0.3, 0.4) is 0 Å². The van der Waals surface area contributed by atoms with Gasteiger partial charge in [-0.15, -0.1) is 0 Å². The summed E-state index contributed by atoms with van der Waals surface area (Å²) in [6, 6.07) is 10.7. The van der Waals surface area contributed by atoms with Gasteiger partial charge < -0.3 is 10.1 Å². The van der Waals surface area contributed by atoms with Crippen molar-refractivity contribution in [2.24, 2.45) is 0 Å². The molecule has 0 heterocycles. The molecule has 2 aromatic rings. The minimum atomic E-state index is -3.74. The lowest BCUT2D eigenvalue weighted by molar-refractivity contribution is -0.128. The maximum Gasteiger partial charge on any atom is 0.338 e. The lowest BCUT2D eigenvalue weighted by Gasteiger charge is -2.13. The molecule has 8 heteroatoms. The van der Waals surface area contributed by atoms with E-state index in [1.807, 2.05) is 13.8 Å². The van der Waals surface area contributed by atoms with Crippen molar-refractivity contribution in [3.8, 4) is 0 Å². The van der Waals surface area contributed by atoms with E-state index in [-0.39, 0.29) is 16.4 Å². The zero-order valence-electron chi connectivity index (χ0n) is 16.3. The van der Waals surface area contributed by atoms with Crippen molar-refractivity contribution in [1.29, 1.82) is 0 Å². The molecular weight excluding hydrogens is 380 g/mol. The number of likely N-dealkylation sites (N-methyl/N-ethyl adjacent to an activating group) is 1. The molecule has 0 saturated heterocycles. The topological polar surface area (TPSA) is 102 Å². The van der Waals surface area contributed by atoms with Crippen LogP contribution in [-0.4, -0.2) is 32.9 Å². The van der Waals surface area contributed by atoms with Crippen molar-refractivity contribution in [3.05, 3.63) is 59.2 Å². The van der Waals surface area contributed by atoms with Crippen molar-refractivity contribution >= 4 is 27.6 Å². The van der Waals surface area contributed by atoms with Crippen molar-refractivity contribution in [2.75, 3.05) is 11.3 Å². The molecule has 0 fully saturated rings. The van der Waals surface area contributed by atoms with E-state index >= 15 is 0 Å². The predicted molar refractivity (Wildman–Crippen MR) is 107 cm³/mol. The summed E-state index contributed by atoms with van der Waals surface area (Å²) in [5.41, 5.74) is 2.41. The van der Waals surface area contributed by atoms with Crippen LogP contribution in [0.15, 0.2) is 47.4 Å². The largest absolute Gasteiger partial charge is 0.449 e. The van der Waals surface area contributed by atoms with Gasteiger partial charge in [0.2, 0.25) is 0 Å². The molecule has 2 N–H and O–H groups in total. The van der Waals surface area contributed by atoms with Crippen LogP contribution in [0.5, 0.6) is 0 Å². The van der Waals surface area contributed by atoms with Gasteiger partial charge in [0.05, 0.1) is 10.5 Å². The molecule has 28 heavy (non-hydrogen) atoms. The fourth-order valence-electron chi connectivity index (χ4n) is 2.37. The SMILES string of the molecule is CCNC(=O)[C@@H](C)OC(=O)c1ccc(NS(=O)(=O)c2ccc(C)c(C)c2)cc1. The summed E-state index contributed by atoms with van der Waals surface area (Å²) < 4.78 is 32.6. The van der Waals surface area contributed by atoms with Crippen LogP contribution in [0, 0.1) is 13.8 Å². The van der Waals surface area contributed by atoms with E-state index in [9.17, 15) is 18.0 Å². The average molecular weight is 404 g/mol. The number of carbonyl (C=O) groups excluding carboxylic acids is 2. The normalized spacial score (nSPS) is 12.1. The molecule has 1 amide bonds. The molecule has 7 nitrogen and oxygen atoms in total. The number of amides is 1. The number of hydrogen-bond acceptors (Lipinski definition) is 5. The standard InChI is InChI=1S/C20H24N2O5S/c1-5-21-19(23)15(4)27-20(24)16-7-9-17(10-8-16)22-28(25,26)18-11-6-13(2)14(3)12-18/h6-12,15,22H,5H2,1-4H3,(H,21,23)/t15-/m1/s1. The second-order valence-electron chi connectivity index (χ2n) is 6.37. The number of anilines is 1. The molecule has 2 rings (SSSR count). The Bertz CT molecular complexity index is 969. The first-order chi connectivity index (χ1) is 13.1. The predicted octanol–water partition coefficient (Wildman–Crippen LogP) is 2.79. The third kappa shape index (κ3) is 5.32. The molecule has 0 aliphatic heterocycles. The number of sulfonamides is 1. The van der Waals surface area contributed by atoms with E-state index in [2.05, 4.69) is 10.0 Å². The Morgan fingerprint density at radius 2 is 1.68 bits per heavy atom. The summed E-state index contributed by atoms with van der Waals surface area (Å²) in [6.07, 6.45) is -0.921. The molecule has 0 aromatic heterocycles. The van der Waals surface area contributed by atoms with Crippen molar-refractivity contribution < 1.29 is 22.7 Å². The van der Waals surface area contributed by atoms with E-state index in [1.165, 1.54) is 31.2 Å². The van der Waals surface area contributed by atoms with E-state index in [0.29, 0.717) is 12.2 Å². The Balaban J connectivity index is 2.08. The van der Waals surface area contributed by atoms with Crippen LogP contribution in [-0.2, 0) is 19.6 Å². The summed E-state index contributed by atoms with van der Waals surface area (Å²) in [7, 11) is -3.74. The van der Waals surface area contributed by atoms with Crippen LogP contribution in [0.4, 0.5) is 5.69 Å². The van der Waals surface area contributed by atoms with Gasteiger partial charge in [0.25, 0.3) is 15.9 Å². The van der Waals surface area contributed by atoms with Crippen LogP contribution >= 0.6 is 0 Å². The Morgan fingerprint density at radius 1 is 1.04 bits per heavy atom. The van der Waals surface area contributed by atoms with Crippen LogP contribution in [0.2, 0.25) is 0 Å². The van der Waals surface area contributed by atoms with E-state index in [0.717, 1.165) is 11.1 Å². The third-order valence-corrected chi connectivity index (χ3v) is 5.54. The van der Waals surface area contributed by atoms with Gasteiger partial charge in [-0.3, -0.25) is 9.52 Å². The van der Waals surface area contributed by atoms with Gasteiger partial charge in [-0.25, -0.2) is 13.2 Å². The summed E-state index contributed by atoms with van der Waals surface area (Å²) in [6.45, 7) is 7.44. The van der Waals surface area contributed by atoms with Gasteiger partial charge in [0, 0.05) is 12.2 Å². The Morgan fingerprint density at radius 3 is 2.25 bits per heavy atom. The maximum atomic E-state index is 12.5. The highest BCUT2D eigenvalue weighted by molar-refractivity contribution is 7.92. The zero-order chi connectivity index (χ0) is 20.9. The molecule has 150 valence electrons. The van der Waals surface area contributed by atoms with Gasteiger partial charge in [-0.1, -0.05) is 6.07 Å². The van der Waals surface area contributed by atoms with Gasteiger partial charge in [-0.2, -0.15) is 0 Å². The van der Waals surface area contributed by atoms with Gasteiger partial charge >= 0.3 is 5.97 Å². The quantitative estimate of drug-likeness (QED) is 0.691. The van der Waals surface area contributed by atoms with Crippen LogP contribution in [0.25, 0.3) is 0 Å². The lowest BCUT2D eigenvalue weighted by atomic mass is 10.1. The fourth-order valence-corrected chi connectivity index (χ4v) is 3.51. The molecule has 0 saturated carbocycles. The first-order valence-electron chi connectivity index (χ1n) is 8.83. The van der Waals surface area contributed by atoms with Crippen molar-refractivity contribution in [2.45, 2.75) is 38.7 Å². The monoisotopic (exact) mass is 404 g/mol. The minimum Gasteiger partial charge on any atom is -0.449 e. The summed E-state index contributed by atoms with van der Waals surface area (Å²) in [4.78, 5) is 23.9. The summed E-state index contributed by atoms with van der Waals surface area (Å²) in [5, 5.41) is 2.57. The average Bonchev–Trinajstić information content (AvgIpc) is 2.64. The first kappa shape index (κ1) is 21.4. The van der Waals surface area contributed by atoms with Gasteiger partial charge in [0.1, 0.15) is 0 Å².